The highest BCUT2D eigenvalue weighted by atomic mass is 16.5. The number of hydrogen-bond acceptors (Lipinski definition) is 6. The summed E-state index contributed by atoms with van der Waals surface area (Å²) in [5, 5.41) is 13.2. The van der Waals surface area contributed by atoms with Crippen LogP contribution in [-0.2, 0) is 6.54 Å². The summed E-state index contributed by atoms with van der Waals surface area (Å²) in [6.07, 6.45) is 1.48. The van der Waals surface area contributed by atoms with Crippen molar-refractivity contribution in [2.45, 2.75) is 6.54 Å². The fourth-order valence-electron chi connectivity index (χ4n) is 2.58. The van der Waals surface area contributed by atoms with Gasteiger partial charge in [0.25, 0.3) is 11.5 Å². The lowest BCUT2D eigenvalue weighted by Crippen LogP contribution is -2.29. The van der Waals surface area contributed by atoms with Gasteiger partial charge in [0.15, 0.2) is 11.5 Å². The molecule has 3 rings (SSSR count). The van der Waals surface area contributed by atoms with Crippen LogP contribution in [0.3, 0.4) is 0 Å². The van der Waals surface area contributed by atoms with E-state index in [1.54, 1.807) is 30.3 Å². The molecule has 0 atom stereocenters. The van der Waals surface area contributed by atoms with Gasteiger partial charge in [-0.25, -0.2) is 4.98 Å². The summed E-state index contributed by atoms with van der Waals surface area (Å²) < 4.78 is 10.4. The quantitative estimate of drug-likeness (QED) is 0.640. The van der Waals surface area contributed by atoms with Crippen LogP contribution in [0.25, 0.3) is 11.0 Å². The summed E-state index contributed by atoms with van der Waals surface area (Å²) in [7, 11) is 3.05. The summed E-state index contributed by atoms with van der Waals surface area (Å²) in [6, 6.07) is 8.36. The number of nitrogens with one attached hydrogen (secondary N) is 2. The number of aromatic hydroxyl groups is 1. The van der Waals surface area contributed by atoms with E-state index >= 15 is 0 Å². The van der Waals surface area contributed by atoms with Crippen molar-refractivity contribution < 1.29 is 19.4 Å². The molecule has 26 heavy (non-hydrogen) atoms. The van der Waals surface area contributed by atoms with Gasteiger partial charge < -0.3 is 24.9 Å². The molecule has 8 heteroatoms. The Kier molecular flexibility index (Phi) is 4.74. The molecule has 134 valence electrons. The molecule has 2 heterocycles. The Labute approximate surface area is 148 Å². The topological polar surface area (TPSA) is 114 Å². The molecule has 1 aromatic carbocycles. The van der Waals surface area contributed by atoms with E-state index in [4.69, 9.17) is 9.47 Å². The van der Waals surface area contributed by atoms with Gasteiger partial charge in [0.05, 0.1) is 19.6 Å². The van der Waals surface area contributed by atoms with Gasteiger partial charge in [-0.2, -0.15) is 0 Å². The van der Waals surface area contributed by atoms with Gasteiger partial charge >= 0.3 is 0 Å². The predicted octanol–water partition coefficient (Wildman–Crippen LogP) is 1.58. The Morgan fingerprint density at radius 3 is 2.73 bits per heavy atom. The Hall–Kier alpha value is -3.55. The molecule has 1 amide bonds. The van der Waals surface area contributed by atoms with Gasteiger partial charge in [-0.05, 0) is 29.8 Å². The number of nitrogens with zero attached hydrogens (tertiary/aromatic N) is 1. The second-order valence-electron chi connectivity index (χ2n) is 5.45. The normalized spacial score (nSPS) is 10.5. The number of aromatic amines is 1. The van der Waals surface area contributed by atoms with Crippen LogP contribution in [0, 0.1) is 0 Å². The molecule has 3 N–H and O–H groups in total. The van der Waals surface area contributed by atoms with E-state index in [1.807, 2.05) is 0 Å². The molecule has 3 aromatic rings. The number of carbonyl (C=O) groups excluding carboxylic acids is 1. The van der Waals surface area contributed by atoms with E-state index in [-0.39, 0.29) is 17.8 Å². The van der Waals surface area contributed by atoms with Gasteiger partial charge in [0, 0.05) is 12.7 Å². The third-order valence-electron chi connectivity index (χ3n) is 3.89. The number of hydrogen-bond donors (Lipinski definition) is 3. The smallest absolute Gasteiger partial charge is 0.266 e. The van der Waals surface area contributed by atoms with E-state index in [0.29, 0.717) is 16.9 Å². The van der Waals surface area contributed by atoms with Crippen molar-refractivity contribution in [3.05, 3.63) is 58.0 Å². The number of amides is 1. The van der Waals surface area contributed by atoms with Crippen molar-refractivity contribution in [3.8, 4) is 17.2 Å². The Morgan fingerprint density at radius 2 is 2.00 bits per heavy atom. The largest absolute Gasteiger partial charge is 0.506 e. The van der Waals surface area contributed by atoms with Gasteiger partial charge in [0.2, 0.25) is 0 Å². The zero-order valence-electron chi connectivity index (χ0n) is 14.2. The molecule has 0 unspecified atom stereocenters. The zero-order chi connectivity index (χ0) is 18.7. The number of rotatable bonds is 5. The van der Waals surface area contributed by atoms with Gasteiger partial charge in [-0.1, -0.05) is 6.07 Å². The summed E-state index contributed by atoms with van der Waals surface area (Å²) >= 11 is 0. The number of pyridine rings is 2. The maximum atomic E-state index is 12.4. The number of carbonyl (C=O) groups is 1. The third-order valence-corrected chi connectivity index (χ3v) is 3.89. The molecule has 0 saturated heterocycles. The van der Waals surface area contributed by atoms with Crippen molar-refractivity contribution >= 4 is 16.9 Å². The molecule has 2 aromatic heterocycles. The fraction of sp³-hybridized carbons (Fsp3) is 0.167. The van der Waals surface area contributed by atoms with E-state index in [9.17, 15) is 14.7 Å². The summed E-state index contributed by atoms with van der Waals surface area (Å²) in [5.41, 5.74) is -0.106. The molecule has 0 fully saturated rings. The average Bonchev–Trinajstić information content (AvgIpc) is 2.66. The highest BCUT2D eigenvalue weighted by Crippen LogP contribution is 2.27. The molecular weight excluding hydrogens is 338 g/mol. The van der Waals surface area contributed by atoms with Crippen molar-refractivity contribution in [1.82, 2.24) is 15.3 Å². The second kappa shape index (κ2) is 7.14. The Bertz CT molecular complexity index is 1030. The zero-order valence-corrected chi connectivity index (χ0v) is 14.2. The number of benzene rings is 1. The number of aromatic nitrogens is 2. The predicted molar refractivity (Wildman–Crippen MR) is 94.7 cm³/mol. The van der Waals surface area contributed by atoms with E-state index in [0.717, 1.165) is 5.56 Å². The van der Waals surface area contributed by atoms with Crippen LogP contribution in [0.15, 0.2) is 41.3 Å². The summed E-state index contributed by atoms with van der Waals surface area (Å²) in [6.45, 7) is 0.142. The lowest BCUT2D eigenvalue weighted by molar-refractivity contribution is 0.0947. The Balaban J connectivity index is 1.85. The monoisotopic (exact) mass is 355 g/mol. The minimum absolute atomic E-state index is 0.142. The average molecular weight is 355 g/mol. The highest BCUT2D eigenvalue weighted by molar-refractivity contribution is 6.01. The second-order valence-corrected chi connectivity index (χ2v) is 5.45. The molecule has 0 saturated carbocycles. The number of fused-ring (bicyclic) bond motifs is 1. The van der Waals surface area contributed by atoms with Gasteiger partial charge in [-0.15, -0.1) is 0 Å². The van der Waals surface area contributed by atoms with Gasteiger partial charge in [-0.3, -0.25) is 9.59 Å². The minimum Gasteiger partial charge on any atom is -0.506 e. The molecule has 0 aliphatic heterocycles. The molecular formula is C18H17N3O5. The first-order valence-corrected chi connectivity index (χ1v) is 7.74. The van der Waals surface area contributed by atoms with Crippen LogP contribution in [0.4, 0.5) is 0 Å². The van der Waals surface area contributed by atoms with Crippen LogP contribution in [0.5, 0.6) is 17.2 Å². The van der Waals surface area contributed by atoms with Crippen molar-refractivity contribution in [2.24, 2.45) is 0 Å². The lowest BCUT2D eigenvalue weighted by atomic mass is 10.1. The standard InChI is InChI=1S/C18H17N3O5/c1-25-12-6-5-10(8-13(12)26-2)9-20-17(23)14-15(22)11-4-3-7-19-16(11)21-18(14)24/h3-8H,9H2,1-2H3,(H,20,23)(H2,19,21,22,24). The maximum Gasteiger partial charge on any atom is 0.266 e. The van der Waals surface area contributed by atoms with Crippen LogP contribution >= 0.6 is 0 Å². The first-order chi connectivity index (χ1) is 12.5. The van der Waals surface area contributed by atoms with Crippen molar-refractivity contribution in [3.63, 3.8) is 0 Å². The fourth-order valence-corrected chi connectivity index (χ4v) is 2.58. The summed E-state index contributed by atoms with van der Waals surface area (Å²) in [5.74, 6) is 0.00127. The molecule has 8 nitrogen and oxygen atoms in total. The minimum atomic E-state index is -0.710. The van der Waals surface area contributed by atoms with Crippen LogP contribution in [0.1, 0.15) is 15.9 Å². The Morgan fingerprint density at radius 1 is 1.23 bits per heavy atom. The maximum absolute atomic E-state index is 12.4. The van der Waals surface area contributed by atoms with E-state index < -0.39 is 17.2 Å². The first-order valence-electron chi connectivity index (χ1n) is 7.74. The highest BCUT2D eigenvalue weighted by Gasteiger charge is 2.19. The van der Waals surface area contributed by atoms with Crippen molar-refractivity contribution in [2.75, 3.05) is 14.2 Å². The molecule has 0 aliphatic carbocycles. The molecule has 0 aliphatic rings. The van der Waals surface area contributed by atoms with Crippen molar-refractivity contribution in [1.29, 1.82) is 0 Å². The molecule has 0 spiro atoms. The molecule has 0 radical (unpaired) electrons. The van der Waals surface area contributed by atoms with Gasteiger partial charge in [0.1, 0.15) is 17.0 Å². The number of ether oxygens (including phenoxy) is 2. The number of H-pyrrole nitrogens is 1. The number of methoxy groups -OCH3 is 2. The third kappa shape index (κ3) is 3.16. The van der Waals surface area contributed by atoms with Crippen LogP contribution < -0.4 is 20.3 Å². The van der Waals surface area contributed by atoms with Crippen LogP contribution in [0.2, 0.25) is 0 Å². The van der Waals surface area contributed by atoms with Crippen LogP contribution in [-0.4, -0.2) is 35.2 Å². The van der Waals surface area contributed by atoms with E-state index in [1.165, 1.54) is 20.4 Å². The van der Waals surface area contributed by atoms with E-state index in [2.05, 4.69) is 15.3 Å². The first kappa shape index (κ1) is 17.3. The SMILES string of the molecule is COc1ccc(CNC(=O)c2c(O)c3cccnc3[nH]c2=O)cc1OC. The summed E-state index contributed by atoms with van der Waals surface area (Å²) in [4.78, 5) is 31.0. The lowest BCUT2D eigenvalue weighted by Gasteiger charge is -2.11. The molecule has 0 bridgehead atoms.